The quantitative estimate of drug-likeness (QED) is 0.564. The van der Waals surface area contributed by atoms with Crippen LogP contribution in [0.5, 0.6) is 0 Å². The molecule has 0 saturated heterocycles. The van der Waals surface area contributed by atoms with Crippen LogP contribution in [0, 0.1) is 10.5 Å². The van der Waals surface area contributed by atoms with E-state index in [1.54, 1.807) is 0 Å². The Hall–Kier alpha value is -1.40. The van der Waals surface area contributed by atoms with Gasteiger partial charge in [0.1, 0.15) is 10.5 Å². The molecular weight excluding hydrogens is 302 g/mol. The van der Waals surface area contributed by atoms with E-state index in [-0.39, 0.29) is 20.9 Å². The number of hydrogen-bond donors (Lipinski definition) is 1. The van der Waals surface area contributed by atoms with Crippen LogP contribution < -0.4 is 0 Å². The number of H-pyrrole nitrogens is 1. The van der Waals surface area contributed by atoms with E-state index in [0.29, 0.717) is 0 Å². The molecule has 0 aliphatic carbocycles. The fourth-order valence-electron chi connectivity index (χ4n) is 1.56. The van der Waals surface area contributed by atoms with Gasteiger partial charge in [-0.25, -0.2) is 4.39 Å². The fraction of sp³-hybridized carbons (Fsp3) is 0.0833. The molecule has 0 saturated carbocycles. The number of aromatic nitrogens is 1. The van der Waals surface area contributed by atoms with Crippen LogP contribution in [0.4, 0.5) is 17.6 Å². The first-order valence-electron chi connectivity index (χ1n) is 5.04. The predicted molar refractivity (Wildman–Crippen MR) is 67.0 cm³/mol. The van der Waals surface area contributed by atoms with Crippen molar-refractivity contribution in [2.75, 3.05) is 0 Å². The highest BCUT2D eigenvalue weighted by Crippen LogP contribution is 2.33. The third-order valence-electron chi connectivity index (χ3n) is 2.39. The lowest BCUT2D eigenvalue weighted by atomic mass is 10.1. The number of rotatable bonds is 1. The molecule has 1 heterocycles. The van der Waals surface area contributed by atoms with Gasteiger partial charge in [-0.2, -0.15) is 13.2 Å². The molecule has 0 aliphatic rings. The zero-order valence-corrected chi connectivity index (χ0v) is 10.8. The van der Waals surface area contributed by atoms with Gasteiger partial charge < -0.3 is 4.98 Å². The fourth-order valence-corrected chi connectivity index (χ4v) is 2.07. The van der Waals surface area contributed by atoms with Crippen LogP contribution in [-0.4, -0.2) is 4.98 Å². The summed E-state index contributed by atoms with van der Waals surface area (Å²) in [6, 6.07) is 5.12. The molecule has 0 spiro atoms. The molecule has 1 aromatic carbocycles. The second kappa shape index (κ2) is 4.94. The zero-order chi connectivity index (χ0) is 14.2. The van der Waals surface area contributed by atoms with Crippen molar-refractivity contribution in [3.63, 3.8) is 0 Å². The molecule has 0 bridgehead atoms. The predicted octanol–water partition coefficient (Wildman–Crippen LogP) is 5.22. The van der Waals surface area contributed by atoms with E-state index < -0.39 is 17.6 Å². The summed E-state index contributed by atoms with van der Waals surface area (Å²) in [5.41, 5.74) is -0.545. The molecule has 7 heteroatoms. The molecule has 1 aromatic heterocycles. The average Bonchev–Trinajstić information content (AvgIpc) is 2.26. The van der Waals surface area contributed by atoms with Crippen LogP contribution in [0.15, 0.2) is 30.3 Å². The van der Waals surface area contributed by atoms with Crippen LogP contribution in [0.25, 0.3) is 11.3 Å². The number of aromatic amines is 1. The van der Waals surface area contributed by atoms with Gasteiger partial charge in [-0.15, -0.1) is 0 Å². The molecular formula is C12H6ClF4NS. The molecule has 0 unspecified atom stereocenters. The average molecular weight is 308 g/mol. The molecule has 2 aromatic rings. The standard InChI is InChI=1S/C12H6ClF4NS/c13-9-5-7(14)1-2-8(9)10-3-6(12(15,16)17)4-11(19)18-10/h1-5H,(H,18,19). The van der Waals surface area contributed by atoms with Gasteiger partial charge in [-0.1, -0.05) is 23.8 Å². The van der Waals surface area contributed by atoms with Gasteiger partial charge in [0.15, 0.2) is 0 Å². The third-order valence-corrected chi connectivity index (χ3v) is 2.93. The van der Waals surface area contributed by atoms with Crippen molar-refractivity contribution in [1.29, 1.82) is 0 Å². The molecule has 19 heavy (non-hydrogen) atoms. The maximum Gasteiger partial charge on any atom is 0.416 e. The lowest BCUT2D eigenvalue weighted by Gasteiger charge is -2.10. The first-order chi connectivity index (χ1) is 8.77. The van der Waals surface area contributed by atoms with E-state index in [1.165, 1.54) is 6.07 Å². The lowest BCUT2D eigenvalue weighted by Crippen LogP contribution is -2.05. The Bertz CT molecular complexity index is 678. The van der Waals surface area contributed by atoms with Gasteiger partial charge in [-0.05, 0) is 30.3 Å². The summed E-state index contributed by atoms with van der Waals surface area (Å²) in [7, 11) is 0. The second-order valence-corrected chi connectivity index (χ2v) is 4.62. The minimum absolute atomic E-state index is 0.00461. The van der Waals surface area contributed by atoms with Gasteiger partial charge in [0, 0.05) is 11.3 Å². The van der Waals surface area contributed by atoms with Crippen molar-refractivity contribution in [1.82, 2.24) is 4.98 Å². The highest BCUT2D eigenvalue weighted by molar-refractivity contribution is 7.71. The van der Waals surface area contributed by atoms with Crippen LogP contribution >= 0.6 is 23.8 Å². The van der Waals surface area contributed by atoms with E-state index in [2.05, 4.69) is 4.98 Å². The molecule has 100 valence electrons. The summed E-state index contributed by atoms with van der Waals surface area (Å²) in [5.74, 6) is -0.570. The van der Waals surface area contributed by atoms with Crippen molar-refractivity contribution in [2.24, 2.45) is 0 Å². The van der Waals surface area contributed by atoms with Crippen molar-refractivity contribution < 1.29 is 17.6 Å². The molecule has 0 radical (unpaired) electrons. The Morgan fingerprint density at radius 3 is 2.37 bits per heavy atom. The van der Waals surface area contributed by atoms with Gasteiger partial charge in [0.25, 0.3) is 0 Å². The molecule has 0 fully saturated rings. The maximum atomic E-state index is 12.9. The van der Waals surface area contributed by atoms with Crippen LogP contribution in [0.1, 0.15) is 5.56 Å². The van der Waals surface area contributed by atoms with Gasteiger partial charge in [0.2, 0.25) is 0 Å². The van der Waals surface area contributed by atoms with Crippen LogP contribution in [0.3, 0.4) is 0 Å². The molecule has 1 nitrogen and oxygen atoms in total. The van der Waals surface area contributed by atoms with E-state index in [1.807, 2.05) is 0 Å². The highest BCUT2D eigenvalue weighted by atomic mass is 35.5. The second-order valence-electron chi connectivity index (χ2n) is 3.77. The molecule has 2 rings (SSSR count). The largest absolute Gasteiger partial charge is 0.416 e. The van der Waals surface area contributed by atoms with E-state index >= 15 is 0 Å². The SMILES string of the molecule is Fc1ccc(-c2cc(C(F)(F)F)cc(=S)[nH]2)c(Cl)c1. The molecule has 0 amide bonds. The summed E-state index contributed by atoms with van der Waals surface area (Å²) in [6.07, 6.45) is -4.51. The zero-order valence-electron chi connectivity index (χ0n) is 9.18. The summed E-state index contributed by atoms with van der Waals surface area (Å²) in [4.78, 5) is 2.60. The monoisotopic (exact) mass is 307 g/mol. The molecule has 1 N–H and O–H groups in total. The number of benzene rings is 1. The number of hydrogen-bond acceptors (Lipinski definition) is 1. The Morgan fingerprint density at radius 1 is 1.11 bits per heavy atom. The normalized spacial score (nSPS) is 11.6. The number of nitrogens with one attached hydrogen (secondary N) is 1. The number of halogens is 5. The number of alkyl halides is 3. The Morgan fingerprint density at radius 2 is 1.79 bits per heavy atom. The third kappa shape index (κ3) is 3.13. The summed E-state index contributed by atoms with van der Waals surface area (Å²) >= 11 is 10.6. The minimum atomic E-state index is -4.51. The van der Waals surface area contributed by atoms with Crippen molar-refractivity contribution >= 4 is 23.8 Å². The van der Waals surface area contributed by atoms with Crippen LogP contribution in [-0.2, 0) is 6.18 Å². The topological polar surface area (TPSA) is 15.8 Å². The summed E-state index contributed by atoms with van der Waals surface area (Å²) in [5, 5.41) is 0.00461. The first-order valence-corrected chi connectivity index (χ1v) is 5.83. The van der Waals surface area contributed by atoms with Crippen molar-refractivity contribution in [3.05, 3.63) is 51.4 Å². The van der Waals surface area contributed by atoms with Crippen LogP contribution in [0.2, 0.25) is 5.02 Å². The van der Waals surface area contributed by atoms with Gasteiger partial charge >= 0.3 is 6.18 Å². The van der Waals surface area contributed by atoms with Crippen molar-refractivity contribution in [2.45, 2.75) is 6.18 Å². The van der Waals surface area contributed by atoms with E-state index in [0.717, 1.165) is 24.3 Å². The highest BCUT2D eigenvalue weighted by Gasteiger charge is 2.31. The minimum Gasteiger partial charge on any atom is -0.346 e. The van der Waals surface area contributed by atoms with Crippen molar-refractivity contribution in [3.8, 4) is 11.3 Å². The summed E-state index contributed by atoms with van der Waals surface area (Å²) in [6.45, 7) is 0. The first kappa shape index (κ1) is 14.0. The number of pyridine rings is 1. The van der Waals surface area contributed by atoms with E-state index in [4.69, 9.17) is 23.8 Å². The molecule has 0 aliphatic heterocycles. The Balaban J connectivity index is 2.63. The van der Waals surface area contributed by atoms with Gasteiger partial charge in [0.05, 0.1) is 10.6 Å². The Labute approximate surface area is 115 Å². The lowest BCUT2D eigenvalue weighted by molar-refractivity contribution is -0.137. The smallest absolute Gasteiger partial charge is 0.346 e. The van der Waals surface area contributed by atoms with Gasteiger partial charge in [-0.3, -0.25) is 0 Å². The Kier molecular flexibility index (Phi) is 3.64. The van der Waals surface area contributed by atoms with E-state index in [9.17, 15) is 17.6 Å². The maximum absolute atomic E-state index is 12.9. The molecule has 0 atom stereocenters. The summed E-state index contributed by atoms with van der Waals surface area (Å²) < 4.78 is 50.9.